The molecule has 1 saturated carbocycles. The van der Waals surface area contributed by atoms with Crippen LogP contribution in [0.25, 0.3) is 0 Å². The molecule has 4 heteroatoms. The number of hydrogen-bond donors (Lipinski definition) is 1. The number of likely N-dealkylation sites (tertiary alicyclic amines) is 1. The van der Waals surface area contributed by atoms with E-state index in [0.29, 0.717) is 31.8 Å². The van der Waals surface area contributed by atoms with Crippen molar-refractivity contribution in [1.29, 1.82) is 0 Å². The fourth-order valence-electron chi connectivity index (χ4n) is 2.87. The molecule has 1 amide bonds. The first-order valence-corrected chi connectivity index (χ1v) is 7.25. The molecule has 1 aliphatic carbocycles. The van der Waals surface area contributed by atoms with Gasteiger partial charge in [-0.05, 0) is 42.9 Å². The van der Waals surface area contributed by atoms with E-state index in [1.807, 2.05) is 29.2 Å². The van der Waals surface area contributed by atoms with Crippen LogP contribution in [-0.4, -0.2) is 35.1 Å². The highest BCUT2D eigenvalue weighted by Crippen LogP contribution is 2.48. The molecule has 0 spiro atoms. The van der Waals surface area contributed by atoms with Gasteiger partial charge in [-0.3, -0.25) is 4.79 Å². The Hall–Kier alpha value is -1.06. The van der Waals surface area contributed by atoms with E-state index in [-0.39, 0.29) is 17.9 Å². The molecule has 1 N–H and O–H groups in total. The normalized spacial score (nSPS) is 27.4. The largest absolute Gasteiger partial charge is 0.393 e. The first-order chi connectivity index (χ1) is 9.15. The molecule has 0 aromatic heterocycles. The van der Waals surface area contributed by atoms with Crippen molar-refractivity contribution in [1.82, 2.24) is 4.90 Å². The Bertz CT molecular complexity index is 466. The van der Waals surface area contributed by atoms with Crippen molar-refractivity contribution in [3.8, 4) is 0 Å². The Morgan fingerprint density at radius 1 is 1.21 bits per heavy atom. The van der Waals surface area contributed by atoms with Crippen LogP contribution in [-0.2, 0) is 4.79 Å². The van der Waals surface area contributed by atoms with Crippen LogP contribution >= 0.6 is 11.6 Å². The standard InChI is InChI=1S/C15H18ClNO2/c16-11-3-1-10(2-4-11)13-9-14(13)15(19)17-7-5-12(18)6-8-17/h1-4,12-14,18H,5-9H2. The monoisotopic (exact) mass is 279 g/mol. The number of carbonyl (C=O) groups is 1. The second-order valence-electron chi connectivity index (χ2n) is 5.56. The average molecular weight is 280 g/mol. The Morgan fingerprint density at radius 3 is 2.47 bits per heavy atom. The number of aliphatic hydroxyl groups is 1. The molecule has 2 fully saturated rings. The van der Waals surface area contributed by atoms with E-state index in [4.69, 9.17) is 11.6 Å². The third-order valence-electron chi connectivity index (χ3n) is 4.18. The number of carbonyl (C=O) groups excluding carboxylic acids is 1. The molecule has 2 unspecified atom stereocenters. The number of rotatable bonds is 2. The van der Waals surface area contributed by atoms with Gasteiger partial charge in [0.15, 0.2) is 0 Å². The third kappa shape index (κ3) is 2.77. The molecule has 1 aromatic rings. The van der Waals surface area contributed by atoms with Gasteiger partial charge in [0.1, 0.15) is 0 Å². The lowest BCUT2D eigenvalue weighted by Crippen LogP contribution is -2.41. The van der Waals surface area contributed by atoms with Crippen LogP contribution in [0.15, 0.2) is 24.3 Å². The summed E-state index contributed by atoms with van der Waals surface area (Å²) in [5.74, 6) is 0.750. The van der Waals surface area contributed by atoms with E-state index in [0.717, 1.165) is 11.4 Å². The SMILES string of the molecule is O=C(C1CC1c1ccc(Cl)cc1)N1CCC(O)CC1. The number of halogens is 1. The van der Waals surface area contributed by atoms with Crippen LogP contribution in [0.4, 0.5) is 0 Å². The minimum absolute atomic E-state index is 0.136. The molecule has 19 heavy (non-hydrogen) atoms. The number of amides is 1. The van der Waals surface area contributed by atoms with E-state index >= 15 is 0 Å². The zero-order valence-corrected chi connectivity index (χ0v) is 11.5. The Morgan fingerprint density at radius 2 is 1.84 bits per heavy atom. The van der Waals surface area contributed by atoms with Gasteiger partial charge in [-0.25, -0.2) is 0 Å². The number of nitrogens with zero attached hydrogens (tertiary/aromatic N) is 1. The molecule has 2 aliphatic rings. The molecule has 3 nitrogen and oxygen atoms in total. The molecule has 0 bridgehead atoms. The lowest BCUT2D eigenvalue weighted by molar-refractivity contribution is -0.134. The zero-order chi connectivity index (χ0) is 13.4. The third-order valence-corrected chi connectivity index (χ3v) is 4.43. The van der Waals surface area contributed by atoms with Crippen molar-refractivity contribution in [3.63, 3.8) is 0 Å². The molecule has 0 radical (unpaired) electrons. The average Bonchev–Trinajstić information content (AvgIpc) is 3.20. The molecular weight excluding hydrogens is 262 g/mol. The summed E-state index contributed by atoms with van der Waals surface area (Å²) in [6, 6.07) is 7.79. The molecule has 102 valence electrons. The summed E-state index contributed by atoms with van der Waals surface area (Å²) < 4.78 is 0. The lowest BCUT2D eigenvalue weighted by Gasteiger charge is -2.29. The number of aliphatic hydroxyl groups excluding tert-OH is 1. The fourth-order valence-corrected chi connectivity index (χ4v) is 2.99. The molecule has 1 aliphatic heterocycles. The van der Waals surface area contributed by atoms with Crippen LogP contribution in [0, 0.1) is 5.92 Å². The number of piperidine rings is 1. The van der Waals surface area contributed by atoms with Crippen LogP contribution in [0.5, 0.6) is 0 Å². The van der Waals surface area contributed by atoms with E-state index < -0.39 is 0 Å². The van der Waals surface area contributed by atoms with Crippen molar-refractivity contribution >= 4 is 17.5 Å². The first kappa shape index (κ1) is 12.9. The van der Waals surface area contributed by atoms with Crippen LogP contribution < -0.4 is 0 Å². The quantitative estimate of drug-likeness (QED) is 0.903. The van der Waals surface area contributed by atoms with Gasteiger partial charge < -0.3 is 10.0 Å². The Labute approximate surface area is 118 Å². The fraction of sp³-hybridized carbons (Fsp3) is 0.533. The Balaban J connectivity index is 1.60. The van der Waals surface area contributed by atoms with E-state index in [1.165, 1.54) is 5.56 Å². The second-order valence-corrected chi connectivity index (χ2v) is 5.99. The summed E-state index contributed by atoms with van der Waals surface area (Å²) in [7, 11) is 0. The molecule has 3 rings (SSSR count). The summed E-state index contributed by atoms with van der Waals surface area (Å²) >= 11 is 5.87. The minimum atomic E-state index is -0.227. The van der Waals surface area contributed by atoms with Gasteiger partial charge in [-0.2, -0.15) is 0 Å². The van der Waals surface area contributed by atoms with Crippen LogP contribution in [0.3, 0.4) is 0 Å². The van der Waals surface area contributed by atoms with Gasteiger partial charge in [0, 0.05) is 24.0 Å². The van der Waals surface area contributed by atoms with Crippen molar-refractivity contribution < 1.29 is 9.90 Å². The van der Waals surface area contributed by atoms with Crippen molar-refractivity contribution in [2.24, 2.45) is 5.92 Å². The first-order valence-electron chi connectivity index (χ1n) is 6.87. The highest BCUT2D eigenvalue weighted by Gasteiger charge is 2.45. The van der Waals surface area contributed by atoms with E-state index in [9.17, 15) is 9.90 Å². The predicted octanol–water partition coefficient (Wildman–Crippen LogP) is 2.43. The van der Waals surface area contributed by atoms with Gasteiger partial charge in [-0.15, -0.1) is 0 Å². The zero-order valence-electron chi connectivity index (χ0n) is 10.8. The summed E-state index contributed by atoms with van der Waals surface area (Å²) in [6.45, 7) is 1.40. The summed E-state index contributed by atoms with van der Waals surface area (Å²) in [5, 5.41) is 10.2. The summed E-state index contributed by atoms with van der Waals surface area (Å²) in [6.07, 6.45) is 2.14. The molecule has 1 aromatic carbocycles. The minimum Gasteiger partial charge on any atom is -0.393 e. The molecular formula is C15H18ClNO2. The summed E-state index contributed by atoms with van der Waals surface area (Å²) in [5.41, 5.74) is 1.21. The van der Waals surface area contributed by atoms with Crippen molar-refractivity contribution in [2.75, 3.05) is 13.1 Å². The van der Waals surface area contributed by atoms with E-state index in [1.54, 1.807) is 0 Å². The topological polar surface area (TPSA) is 40.5 Å². The van der Waals surface area contributed by atoms with Crippen molar-refractivity contribution in [2.45, 2.75) is 31.3 Å². The van der Waals surface area contributed by atoms with Gasteiger partial charge in [0.05, 0.1) is 6.10 Å². The highest BCUT2D eigenvalue weighted by molar-refractivity contribution is 6.30. The molecule has 1 heterocycles. The number of hydrogen-bond acceptors (Lipinski definition) is 2. The van der Waals surface area contributed by atoms with Gasteiger partial charge in [-0.1, -0.05) is 23.7 Å². The number of benzene rings is 1. The second kappa shape index (κ2) is 5.14. The maximum absolute atomic E-state index is 12.3. The summed E-state index contributed by atoms with van der Waals surface area (Å²) in [4.78, 5) is 14.2. The van der Waals surface area contributed by atoms with E-state index in [2.05, 4.69) is 0 Å². The smallest absolute Gasteiger partial charge is 0.226 e. The van der Waals surface area contributed by atoms with Gasteiger partial charge in [0.25, 0.3) is 0 Å². The predicted molar refractivity (Wildman–Crippen MR) is 74.1 cm³/mol. The maximum Gasteiger partial charge on any atom is 0.226 e. The lowest BCUT2D eigenvalue weighted by atomic mass is 10.1. The molecule has 2 atom stereocenters. The van der Waals surface area contributed by atoms with Crippen LogP contribution in [0.1, 0.15) is 30.7 Å². The molecule has 1 saturated heterocycles. The Kier molecular flexibility index (Phi) is 3.50. The highest BCUT2D eigenvalue weighted by atomic mass is 35.5. The maximum atomic E-state index is 12.3. The van der Waals surface area contributed by atoms with Crippen LogP contribution in [0.2, 0.25) is 5.02 Å². The van der Waals surface area contributed by atoms with Gasteiger partial charge >= 0.3 is 0 Å². The van der Waals surface area contributed by atoms with Crippen molar-refractivity contribution in [3.05, 3.63) is 34.9 Å². The van der Waals surface area contributed by atoms with Gasteiger partial charge in [0.2, 0.25) is 5.91 Å².